The summed E-state index contributed by atoms with van der Waals surface area (Å²) in [7, 11) is 0. The third kappa shape index (κ3) is 2.21. The molecule has 4 heteroatoms. The van der Waals surface area contributed by atoms with E-state index >= 15 is 0 Å². The molecule has 0 unspecified atom stereocenters. The van der Waals surface area contributed by atoms with Crippen LogP contribution in [0.15, 0.2) is 48.5 Å². The number of hydrogen-bond donors (Lipinski definition) is 1. The average Bonchev–Trinajstić information content (AvgIpc) is 2.80. The van der Waals surface area contributed by atoms with E-state index in [9.17, 15) is 9.59 Å². The molecule has 1 aliphatic heterocycles. The van der Waals surface area contributed by atoms with E-state index in [1.54, 1.807) is 0 Å². The number of aryl methyl sites for hydroxylation is 2. The van der Waals surface area contributed by atoms with Crippen LogP contribution in [0.2, 0.25) is 0 Å². The van der Waals surface area contributed by atoms with Crippen molar-refractivity contribution in [2.24, 2.45) is 0 Å². The highest BCUT2D eigenvalue weighted by molar-refractivity contribution is 6.07. The molecule has 2 aromatic carbocycles. The lowest BCUT2D eigenvalue weighted by molar-refractivity contribution is -0.132. The lowest BCUT2D eigenvalue weighted by Crippen LogP contribution is -2.46. The minimum atomic E-state index is -0.879. The first-order valence-electron chi connectivity index (χ1n) is 8.38. The highest BCUT2D eigenvalue weighted by Crippen LogP contribution is 2.40. The zero-order chi connectivity index (χ0) is 16.7. The predicted octanol–water partition coefficient (Wildman–Crippen LogP) is 3.28. The number of carbonyl (C=O) groups excluding carboxylic acids is 2. The number of imide groups is 1. The van der Waals surface area contributed by atoms with Crippen molar-refractivity contribution in [1.29, 1.82) is 0 Å². The highest BCUT2D eigenvalue weighted by Gasteiger charge is 2.53. The van der Waals surface area contributed by atoms with Crippen molar-refractivity contribution < 1.29 is 9.59 Å². The van der Waals surface area contributed by atoms with Crippen LogP contribution >= 0.6 is 0 Å². The van der Waals surface area contributed by atoms with E-state index in [0.717, 1.165) is 35.1 Å². The van der Waals surface area contributed by atoms with E-state index in [1.165, 1.54) is 4.90 Å². The molecular formula is C20H20N2O2. The van der Waals surface area contributed by atoms with Crippen LogP contribution in [0.25, 0.3) is 0 Å². The van der Waals surface area contributed by atoms with Crippen LogP contribution in [0.3, 0.4) is 0 Å². The van der Waals surface area contributed by atoms with Gasteiger partial charge in [0.1, 0.15) is 5.54 Å². The first kappa shape index (κ1) is 14.9. The quantitative estimate of drug-likeness (QED) is 0.863. The normalized spacial score (nSPS) is 22.6. The summed E-state index contributed by atoms with van der Waals surface area (Å²) in [6.07, 6.45) is 2.53. The maximum atomic E-state index is 13.2. The fraction of sp³-hybridized carbons (Fsp3) is 0.300. The molecule has 0 bridgehead atoms. The van der Waals surface area contributed by atoms with Gasteiger partial charge in [0.15, 0.2) is 0 Å². The van der Waals surface area contributed by atoms with Crippen LogP contribution in [0.1, 0.15) is 35.1 Å². The summed E-state index contributed by atoms with van der Waals surface area (Å²) in [6, 6.07) is 15.6. The van der Waals surface area contributed by atoms with Crippen molar-refractivity contribution in [3.63, 3.8) is 0 Å². The van der Waals surface area contributed by atoms with Crippen molar-refractivity contribution in [2.45, 2.75) is 38.3 Å². The van der Waals surface area contributed by atoms with E-state index in [0.29, 0.717) is 13.0 Å². The lowest BCUT2D eigenvalue weighted by Gasteiger charge is -2.33. The van der Waals surface area contributed by atoms with Gasteiger partial charge in [-0.2, -0.15) is 0 Å². The van der Waals surface area contributed by atoms with Gasteiger partial charge in [-0.25, -0.2) is 4.79 Å². The summed E-state index contributed by atoms with van der Waals surface area (Å²) in [5.41, 5.74) is 3.34. The molecule has 4 rings (SSSR count). The third-order valence-electron chi connectivity index (χ3n) is 5.07. The molecule has 1 atom stereocenters. The van der Waals surface area contributed by atoms with Gasteiger partial charge in [-0.3, -0.25) is 9.69 Å². The SMILES string of the molecule is Cc1cccc(CN2C(=O)N[C@@]3(CCCc4ccccc43)C2=O)c1. The number of hydrogen-bond acceptors (Lipinski definition) is 2. The van der Waals surface area contributed by atoms with Gasteiger partial charge in [0.05, 0.1) is 6.54 Å². The van der Waals surface area contributed by atoms with Gasteiger partial charge < -0.3 is 5.32 Å². The third-order valence-corrected chi connectivity index (χ3v) is 5.07. The molecule has 0 aromatic heterocycles. The molecule has 1 fully saturated rings. The Morgan fingerprint density at radius 1 is 1.12 bits per heavy atom. The van der Waals surface area contributed by atoms with Crippen LogP contribution in [0.4, 0.5) is 4.79 Å². The van der Waals surface area contributed by atoms with Gasteiger partial charge in [-0.05, 0) is 42.9 Å². The van der Waals surface area contributed by atoms with Gasteiger partial charge in [0, 0.05) is 0 Å². The van der Waals surface area contributed by atoms with Crippen LogP contribution in [-0.4, -0.2) is 16.8 Å². The maximum Gasteiger partial charge on any atom is 0.325 e. The Kier molecular flexibility index (Phi) is 3.41. The number of rotatable bonds is 2. The van der Waals surface area contributed by atoms with E-state index in [2.05, 4.69) is 11.4 Å². The molecule has 24 heavy (non-hydrogen) atoms. The van der Waals surface area contributed by atoms with Crippen LogP contribution in [-0.2, 0) is 23.3 Å². The molecule has 1 heterocycles. The second-order valence-electron chi connectivity index (χ2n) is 6.73. The van der Waals surface area contributed by atoms with Gasteiger partial charge in [0.2, 0.25) is 0 Å². The zero-order valence-corrected chi connectivity index (χ0v) is 13.7. The summed E-state index contributed by atoms with van der Waals surface area (Å²) >= 11 is 0. The summed E-state index contributed by atoms with van der Waals surface area (Å²) in [6.45, 7) is 2.32. The number of benzene rings is 2. The molecule has 4 nitrogen and oxygen atoms in total. The molecule has 1 spiro atoms. The van der Waals surface area contributed by atoms with Gasteiger partial charge in [-0.15, -0.1) is 0 Å². The van der Waals surface area contributed by atoms with Crippen LogP contribution in [0, 0.1) is 6.92 Å². The Hall–Kier alpha value is -2.62. The number of fused-ring (bicyclic) bond motifs is 2. The molecule has 0 radical (unpaired) electrons. The average molecular weight is 320 g/mol. The Morgan fingerprint density at radius 3 is 2.79 bits per heavy atom. The van der Waals surface area contributed by atoms with Gasteiger partial charge in [-0.1, -0.05) is 54.1 Å². The number of nitrogens with zero attached hydrogens (tertiary/aromatic N) is 1. The molecule has 3 amide bonds. The number of nitrogens with one attached hydrogen (secondary N) is 1. The number of urea groups is 1. The molecule has 2 aliphatic rings. The van der Waals surface area contributed by atoms with Crippen molar-refractivity contribution in [3.8, 4) is 0 Å². The Morgan fingerprint density at radius 2 is 1.96 bits per heavy atom. The van der Waals surface area contributed by atoms with Crippen molar-refractivity contribution >= 4 is 11.9 Å². The van der Waals surface area contributed by atoms with E-state index < -0.39 is 5.54 Å². The van der Waals surface area contributed by atoms with Crippen molar-refractivity contribution in [2.75, 3.05) is 0 Å². The maximum absolute atomic E-state index is 13.2. The van der Waals surface area contributed by atoms with Crippen molar-refractivity contribution in [3.05, 3.63) is 70.8 Å². The Labute approximate surface area is 141 Å². The predicted molar refractivity (Wildman–Crippen MR) is 91.3 cm³/mol. The summed E-state index contributed by atoms with van der Waals surface area (Å²) in [5, 5.41) is 3.00. The minimum Gasteiger partial charge on any atom is -0.319 e. The lowest BCUT2D eigenvalue weighted by atomic mass is 9.76. The zero-order valence-electron chi connectivity index (χ0n) is 13.7. The highest BCUT2D eigenvalue weighted by atomic mass is 16.2. The molecule has 2 aromatic rings. The molecule has 1 aliphatic carbocycles. The van der Waals surface area contributed by atoms with Crippen LogP contribution < -0.4 is 5.32 Å². The minimum absolute atomic E-state index is 0.124. The van der Waals surface area contributed by atoms with Gasteiger partial charge >= 0.3 is 6.03 Å². The monoisotopic (exact) mass is 320 g/mol. The second kappa shape index (κ2) is 5.48. The molecule has 122 valence electrons. The van der Waals surface area contributed by atoms with E-state index in [-0.39, 0.29) is 11.9 Å². The summed E-state index contributed by atoms with van der Waals surface area (Å²) < 4.78 is 0. The van der Waals surface area contributed by atoms with Crippen molar-refractivity contribution in [1.82, 2.24) is 10.2 Å². The summed E-state index contributed by atoms with van der Waals surface area (Å²) in [4.78, 5) is 27.1. The van der Waals surface area contributed by atoms with E-state index in [1.807, 2.05) is 49.4 Å². The summed E-state index contributed by atoms with van der Waals surface area (Å²) in [5.74, 6) is -0.124. The molecule has 0 saturated carbocycles. The number of carbonyl (C=O) groups is 2. The number of amides is 3. The molecule has 1 N–H and O–H groups in total. The fourth-order valence-corrected chi connectivity index (χ4v) is 3.95. The topological polar surface area (TPSA) is 49.4 Å². The Bertz CT molecular complexity index is 830. The standard InChI is InChI=1S/C20H20N2O2/c1-14-6-4-7-15(12-14)13-22-18(23)20(21-19(22)24)11-5-9-16-8-2-3-10-17(16)20/h2-4,6-8,10,12H,5,9,11,13H2,1H3,(H,21,24)/t20-/m1/s1. The first-order chi connectivity index (χ1) is 11.6. The largest absolute Gasteiger partial charge is 0.325 e. The van der Waals surface area contributed by atoms with E-state index in [4.69, 9.17) is 0 Å². The first-order valence-corrected chi connectivity index (χ1v) is 8.38. The molecule has 1 saturated heterocycles. The fourth-order valence-electron chi connectivity index (χ4n) is 3.95. The van der Waals surface area contributed by atoms with Gasteiger partial charge in [0.25, 0.3) is 5.91 Å². The second-order valence-corrected chi connectivity index (χ2v) is 6.73. The smallest absolute Gasteiger partial charge is 0.319 e. The molecular weight excluding hydrogens is 300 g/mol. The van der Waals surface area contributed by atoms with Crippen LogP contribution in [0.5, 0.6) is 0 Å². The Balaban J connectivity index is 1.70.